The molecule has 1 N–H and O–H groups in total. The molecule has 0 radical (unpaired) electrons. The minimum atomic E-state index is -0.930. The molecule has 0 aliphatic rings. The Hall–Kier alpha value is -1.88. The predicted molar refractivity (Wildman–Crippen MR) is 75.4 cm³/mol. The van der Waals surface area contributed by atoms with Crippen LogP contribution >= 0.6 is 0 Å². The van der Waals surface area contributed by atoms with E-state index in [9.17, 15) is 14.7 Å². The Balaban J connectivity index is 2.73. The third kappa shape index (κ3) is 4.66. The van der Waals surface area contributed by atoms with E-state index in [0.717, 1.165) is 5.56 Å². The quantitative estimate of drug-likeness (QED) is 0.773. The van der Waals surface area contributed by atoms with Gasteiger partial charge in [0.25, 0.3) is 0 Å². The second-order valence-corrected chi connectivity index (χ2v) is 4.69. The molecule has 0 heterocycles. The van der Waals surface area contributed by atoms with Crippen molar-refractivity contribution in [1.82, 2.24) is 4.90 Å². The number of likely N-dealkylation sites (N-methyl/N-ethyl adjacent to an activating group) is 1. The van der Waals surface area contributed by atoms with Crippen LogP contribution in [0.1, 0.15) is 30.5 Å². The lowest BCUT2D eigenvalue weighted by molar-refractivity contribution is -0.146. The third-order valence-corrected chi connectivity index (χ3v) is 3.04. The number of aliphatic carboxylic acids is 1. The molecular formula is C15H21NO4. The molecule has 1 atom stereocenters. The number of benzene rings is 1. The van der Waals surface area contributed by atoms with Gasteiger partial charge in [-0.2, -0.15) is 0 Å². The molecule has 1 rings (SSSR count). The number of carboxylic acids is 1. The lowest BCUT2D eigenvalue weighted by atomic mass is 10.0. The first-order valence-electron chi connectivity index (χ1n) is 6.61. The summed E-state index contributed by atoms with van der Waals surface area (Å²) in [5.74, 6) is -1.24. The van der Waals surface area contributed by atoms with Crippen LogP contribution < -0.4 is 0 Å². The van der Waals surface area contributed by atoms with Gasteiger partial charge in [-0.15, -0.1) is 0 Å². The van der Waals surface area contributed by atoms with E-state index in [1.807, 2.05) is 19.1 Å². The SMILES string of the molecule is CCOC(=O)CCN(C)C(C(=O)O)c1ccc(C)cc1. The number of hydrogen-bond donors (Lipinski definition) is 1. The molecule has 5 heteroatoms. The van der Waals surface area contributed by atoms with Gasteiger partial charge in [-0.1, -0.05) is 29.8 Å². The highest BCUT2D eigenvalue weighted by atomic mass is 16.5. The Morgan fingerprint density at radius 1 is 1.30 bits per heavy atom. The number of nitrogens with zero attached hydrogens (tertiary/aromatic N) is 1. The molecule has 20 heavy (non-hydrogen) atoms. The van der Waals surface area contributed by atoms with Crippen LogP contribution in [0.2, 0.25) is 0 Å². The maximum Gasteiger partial charge on any atom is 0.325 e. The number of carboxylic acid groups (broad SMARTS) is 1. The zero-order valence-electron chi connectivity index (χ0n) is 12.1. The number of rotatable bonds is 7. The standard InChI is InChI=1S/C15H21NO4/c1-4-20-13(17)9-10-16(3)14(15(18)19)12-7-5-11(2)6-8-12/h5-8,14H,4,9-10H2,1-3H3,(H,18,19). The zero-order chi connectivity index (χ0) is 15.1. The van der Waals surface area contributed by atoms with E-state index < -0.39 is 12.0 Å². The van der Waals surface area contributed by atoms with E-state index >= 15 is 0 Å². The molecule has 1 aromatic carbocycles. The highest BCUT2D eigenvalue weighted by molar-refractivity contribution is 5.75. The van der Waals surface area contributed by atoms with Gasteiger partial charge < -0.3 is 9.84 Å². The van der Waals surface area contributed by atoms with Crippen molar-refractivity contribution < 1.29 is 19.4 Å². The average Bonchev–Trinajstić information content (AvgIpc) is 2.39. The minimum Gasteiger partial charge on any atom is -0.480 e. The predicted octanol–water partition coefficient (Wildman–Crippen LogP) is 2.01. The highest BCUT2D eigenvalue weighted by Crippen LogP contribution is 2.20. The molecule has 5 nitrogen and oxygen atoms in total. The first-order valence-corrected chi connectivity index (χ1v) is 6.61. The molecule has 0 saturated heterocycles. The molecular weight excluding hydrogens is 258 g/mol. The van der Waals surface area contributed by atoms with Crippen molar-refractivity contribution in [2.24, 2.45) is 0 Å². The van der Waals surface area contributed by atoms with Crippen LogP contribution in [0.25, 0.3) is 0 Å². The van der Waals surface area contributed by atoms with E-state index in [2.05, 4.69) is 0 Å². The number of aryl methyl sites for hydroxylation is 1. The summed E-state index contributed by atoms with van der Waals surface area (Å²) in [5.41, 5.74) is 1.78. The van der Waals surface area contributed by atoms with Crippen molar-refractivity contribution >= 4 is 11.9 Å². The molecule has 0 spiro atoms. The van der Waals surface area contributed by atoms with Gasteiger partial charge in [0.2, 0.25) is 0 Å². The summed E-state index contributed by atoms with van der Waals surface area (Å²) < 4.78 is 4.84. The van der Waals surface area contributed by atoms with Crippen molar-refractivity contribution in [2.45, 2.75) is 26.3 Å². The second-order valence-electron chi connectivity index (χ2n) is 4.69. The molecule has 0 aliphatic heterocycles. The van der Waals surface area contributed by atoms with Gasteiger partial charge in [-0.3, -0.25) is 14.5 Å². The van der Waals surface area contributed by atoms with E-state index in [4.69, 9.17) is 4.74 Å². The maximum absolute atomic E-state index is 11.4. The van der Waals surface area contributed by atoms with E-state index in [0.29, 0.717) is 18.7 Å². The van der Waals surface area contributed by atoms with Crippen LogP contribution in [-0.2, 0) is 14.3 Å². The normalized spacial score (nSPS) is 12.2. The van der Waals surface area contributed by atoms with Crippen LogP contribution in [0.15, 0.2) is 24.3 Å². The van der Waals surface area contributed by atoms with Crippen molar-refractivity contribution in [1.29, 1.82) is 0 Å². The number of ether oxygens (including phenoxy) is 1. The first-order chi connectivity index (χ1) is 9.45. The van der Waals surface area contributed by atoms with Gasteiger partial charge in [0.1, 0.15) is 6.04 Å². The number of carbonyl (C=O) groups excluding carboxylic acids is 1. The Kier molecular flexibility index (Phi) is 6.18. The van der Waals surface area contributed by atoms with Crippen molar-refractivity contribution in [3.8, 4) is 0 Å². The number of esters is 1. The van der Waals surface area contributed by atoms with Crippen molar-refractivity contribution in [3.63, 3.8) is 0 Å². The van der Waals surface area contributed by atoms with Crippen LogP contribution in [0, 0.1) is 6.92 Å². The van der Waals surface area contributed by atoms with Crippen LogP contribution in [0.3, 0.4) is 0 Å². The summed E-state index contributed by atoms with van der Waals surface area (Å²) in [6.45, 7) is 4.37. The topological polar surface area (TPSA) is 66.8 Å². The summed E-state index contributed by atoms with van der Waals surface area (Å²) >= 11 is 0. The van der Waals surface area contributed by atoms with Gasteiger partial charge in [0.15, 0.2) is 0 Å². The maximum atomic E-state index is 11.4. The summed E-state index contributed by atoms with van der Waals surface area (Å²) in [6, 6.07) is 6.60. The van der Waals surface area contributed by atoms with Crippen LogP contribution in [0.5, 0.6) is 0 Å². The fourth-order valence-electron chi connectivity index (χ4n) is 1.96. The van der Waals surface area contributed by atoms with E-state index in [1.54, 1.807) is 31.0 Å². The molecule has 0 amide bonds. The van der Waals surface area contributed by atoms with Gasteiger partial charge in [0, 0.05) is 6.54 Å². The van der Waals surface area contributed by atoms with Crippen molar-refractivity contribution in [3.05, 3.63) is 35.4 Å². The Labute approximate surface area is 119 Å². The molecule has 0 fully saturated rings. The molecule has 1 aromatic rings. The molecule has 0 aliphatic carbocycles. The first kappa shape index (κ1) is 16.2. The minimum absolute atomic E-state index is 0.181. The third-order valence-electron chi connectivity index (χ3n) is 3.04. The summed E-state index contributed by atoms with van der Waals surface area (Å²) in [4.78, 5) is 24.4. The van der Waals surface area contributed by atoms with E-state index in [-0.39, 0.29) is 12.4 Å². The Morgan fingerprint density at radius 2 is 1.90 bits per heavy atom. The largest absolute Gasteiger partial charge is 0.480 e. The average molecular weight is 279 g/mol. The zero-order valence-corrected chi connectivity index (χ0v) is 12.1. The monoisotopic (exact) mass is 279 g/mol. The second kappa shape index (κ2) is 7.65. The van der Waals surface area contributed by atoms with Crippen molar-refractivity contribution in [2.75, 3.05) is 20.2 Å². The summed E-state index contributed by atoms with van der Waals surface area (Å²) in [7, 11) is 1.69. The van der Waals surface area contributed by atoms with Gasteiger partial charge in [0.05, 0.1) is 13.0 Å². The lowest BCUT2D eigenvalue weighted by Crippen LogP contribution is -2.32. The van der Waals surface area contributed by atoms with E-state index in [1.165, 1.54) is 0 Å². The highest BCUT2D eigenvalue weighted by Gasteiger charge is 2.24. The molecule has 0 bridgehead atoms. The van der Waals surface area contributed by atoms with Crippen LogP contribution in [0.4, 0.5) is 0 Å². The summed E-state index contributed by atoms with van der Waals surface area (Å²) in [6.07, 6.45) is 0.181. The number of hydrogen-bond acceptors (Lipinski definition) is 4. The fourth-order valence-corrected chi connectivity index (χ4v) is 1.96. The smallest absolute Gasteiger partial charge is 0.325 e. The molecule has 110 valence electrons. The fraction of sp³-hybridized carbons (Fsp3) is 0.467. The molecule has 0 aromatic heterocycles. The van der Waals surface area contributed by atoms with Gasteiger partial charge in [-0.05, 0) is 26.5 Å². The Morgan fingerprint density at radius 3 is 2.40 bits per heavy atom. The van der Waals surface area contributed by atoms with Crippen LogP contribution in [-0.4, -0.2) is 42.1 Å². The summed E-state index contributed by atoms with van der Waals surface area (Å²) in [5, 5.41) is 9.38. The van der Waals surface area contributed by atoms with Gasteiger partial charge in [-0.25, -0.2) is 0 Å². The van der Waals surface area contributed by atoms with Gasteiger partial charge >= 0.3 is 11.9 Å². The lowest BCUT2D eigenvalue weighted by Gasteiger charge is -2.24. The molecule has 0 saturated carbocycles. The Bertz CT molecular complexity index is 455. The molecule has 1 unspecified atom stereocenters. The number of carbonyl (C=O) groups is 2.